The Kier molecular flexibility index (Phi) is 8.85. The van der Waals surface area contributed by atoms with E-state index in [0.29, 0.717) is 0 Å². The molecule has 2 unspecified atom stereocenters. The van der Waals surface area contributed by atoms with Crippen molar-refractivity contribution in [2.45, 2.75) is 38.8 Å². The molecule has 0 aliphatic carbocycles. The fourth-order valence-corrected chi connectivity index (χ4v) is 0.593. The predicted octanol–water partition coefficient (Wildman–Crippen LogP) is 2.65. The summed E-state index contributed by atoms with van der Waals surface area (Å²) in [5.74, 6) is 0. The SMILES string of the molecule is CCC([NH-])CC(C)[NH-].[Cu+2]. The molecule has 0 bridgehead atoms. The summed E-state index contributed by atoms with van der Waals surface area (Å²) in [4.78, 5) is 0. The average Bonchev–Trinajstić information content (AvgIpc) is 1.65. The predicted molar refractivity (Wildman–Crippen MR) is 36.8 cm³/mol. The molecular formula is C6H14CuN2. The van der Waals surface area contributed by atoms with Crippen LogP contribution in [0, 0.1) is 0 Å². The van der Waals surface area contributed by atoms with Crippen molar-refractivity contribution in [3.05, 3.63) is 11.5 Å². The molecule has 0 aromatic heterocycles. The molecule has 0 rings (SSSR count). The van der Waals surface area contributed by atoms with Crippen LogP contribution in [0.4, 0.5) is 0 Å². The van der Waals surface area contributed by atoms with Crippen LogP contribution in [0.15, 0.2) is 0 Å². The molecule has 0 aromatic carbocycles. The van der Waals surface area contributed by atoms with Crippen molar-refractivity contribution in [3.8, 4) is 0 Å². The molecule has 59 valence electrons. The van der Waals surface area contributed by atoms with Gasteiger partial charge in [-0.15, -0.1) is 12.1 Å². The van der Waals surface area contributed by atoms with Gasteiger partial charge < -0.3 is 11.5 Å². The monoisotopic (exact) mass is 177 g/mol. The molecule has 2 atom stereocenters. The second-order valence-electron chi connectivity index (χ2n) is 2.24. The van der Waals surface area contributed by atoms with Crippen LogP contribution in [0.5, 0.6) is 0 Å². The second-order valence-corrected chi connectivity index (χ2v) is 2.24. The number of rotatable bonds is 3. The molecule has 0 aromatic rings. The second kappa shape index (κ2) is 6.56. The molecule has 2 nitrogen and oxygen atoms in total. The van der Waals surface area contributed by atoms with E-state index in [2.05, 4.69) is 0 Å². The van der Waals surface area contributed by atoms with Crippen molar-refractivity contribution in [2.24, 2.45) is 0 Å². The molecule has 3 heteroatoms. The maximum atomic E-state index is 7.23. The van der Waals surface area contributed by atoms with E-state index in [4.69, 9.17) is 11.5 Å². The van der Waals surface area contributed by atoms with E-state index in [1.165, 1.54) is 0 Å². The Hall–Kier alpha value is 0.439. The summed E-state index contributed by atoms with van der Waals surface area (Å²) in [6, 6.07) is -0.0695. The van der Waals surface area contributed by atoms with E-state index < -0.39 is 0 Å². The molecule has 0 fully saturated rings. The Bertz CT molecular complexity index is 57.0. The van der Waals surface area contributed by atoms with E-state index in [-0.39, 0.29) is 29.2 Å². The Morgan fingerprint density at radius 1 is 1.33 bits per heavy atom. The Labute approximate surface area is 67.8 Å². The van der Waals surface area contributed by atoms with Gasteiger partial charge in [0.05, 0.1) is 0 Å². The molecule has 0 saturated heterocycles. The van der Waals surface area contributed by atoms with Crippen molar-refractivity contribution in [1.29, 1.82) is 0 Å². The molecule has 0 aliphatic rings. The molecule has 0 heterocycles. The van der Waals surface area contributed by atoms with Gasteiger partial charge in [0.15, 0.2) is 0 Å². The third-order valence-electron chi connectivity index (χ3n) is 1.13. The normalized spacial score (nSPS) is 16.0. The van der Waals surface area contributed by atoms with E-state index in [1.54, 1.807) is 0 Å². The van der Waals surface area contributed by atoms with Gasteiger partial charge in [-0.05, 0) is 0 Å². The maximum Gasteiger partial charge on any atom is 2.00 e. The van der Waals surface area contributed by atoms with E-state index >= 15 is 0 Å². The smallest absolute Gasteiger partial charge is 0.675 e. The summed E-state index contributed by atoms with van der Waals surface area (Å²) < 4.78 is 0. The van der Waals surface area contributed by atoms with E-state index in [9.17, 15) is 0 Å². The van der Waals surface area contributed by atoms with E-state index in [0.717, 1.165) is 12.8 Å². The molecule has 1 radical (unpaired) electrons. The molecular weight excluding hydrogens is 164 g/mol. The first-order valence-corrected chi connectivity index (χ1v) is 3.09. The van der Waals surface area contributed by atoms with Crippen LogP contribution in [0.25, 0.3) is 11.5 Å². The Balaban J connectivity index is 0. The van der Waals surface area contributed by atoms with Crippen molar-refractivity contribution in [1.82, 2.24) is 0 Å². The van der Waals surface area contributed by atoms with Gasteiger partial charge in [0, 0.05) is 0 Å². The summed E-state index contributed by atoms with van der Waals surface area (Å²) in [7, 11) is 0. The maximum absolute atomic E-state index is 7.23. The molecule has 9 heavy (non-hydrogen) atoms. The fourth-order valence-electron chi connectivity index (χ4n) is 0.593. The van der Waals surface area contributed by atoms with Crippen LogP contribution in [0.1, 0.15) is 26.7 Å². The Morgan fingerprint density at radius 2 is 1.78 bits per heavy atom. The third kappa shape index (κ3) is 8.44. The summed E-state index contributed by atoms with van der Waals surface area (Å²) in [5.41, 5.74) is 14.3. The molecule has 0 saturated carbocycles. The summed E-state index contributed by atoms with van der Waals surface area (Å²) in [6.45, 7) is 3.82. The minimum Gasteiger partial charge on any atom is -0.675 e. The van der Waals surface area contributed by atoms with Crippen LogP contribution >= 0.6 is 0 Å². The van der Waals surface area contributed by atoms with Crippen LogP contribution in [0.2, 0.25) is 0 Å². The first-order valence-electron chi connectivity index (χ1n) is 3.09. The molecule has 0 aliphatic heterocycles. The first-order chi connectivity index (χ1) is 3.66. The zero-order valence-corrected chi connectivity index (χ0v) is 6.81. The van der Waals surface area contributed by atoms with Gasteiger partial charge in [0.1, 0.15) is 0 Å². The van der Waals surface area contributed by atoms with Crippen molar-refractivity contribution < 1.29 is 17.1 Å². The van der Waals surface area contributed by atoms with Crippen molar-refractivity contribution >= 4 is 0 Å². The number of nitrogens with one attached hydrogen (secondary N) is 2. The van der Waals surface area contributed by atoms with Gasteiger partial charge in [0.25, 0.3) is 0 Å². The van der Waals surface area contributed by atoms with Crippen LogP contribution in [-0.2, 0) is 17.1 Å². The first kappa shape index (κ1) is 12.1. The van der Waals surface area contributed by atoms with E-state index in [1.807, 2.05) is 13.8 Å². The standard InChI is InChI=1S/C6H14N2.Cu/c1-3-6(8)4-5(2)7;/h5-8H,3-4H2,1-2H3;/q-2;+2. The van der Waals surface area contributed by atoms with Gasteiger partial charge in [0.2, 0.25) is 0 Å². The van der Waals surface area contributed by atoms with Crippen LogP contribution in [0.3, 0.4) is 0 Å². The van der Waals surface area contributed by atoms with Gasteiger partial charge in [-0.1, -0.05) is 26.7 Å². The zero-order valence-electron chi connectivity index (χ0n) is 5.87. The fraction of sp³-hybridized carbons (Fsp3) is 1.00. The van der Waals surface area contributed by atoms with Gasteiger partial charge >= 0.3 is 17.1 Å². The zero-order chi connectivity index (χ0) is 6.57. The minimum absolute atomic E-state index is 0. The number of hydrogen-bond acceptors (Lipinski definition) is 0. The minimum atomic E-state index is -0.0579. The molecule has 0 amide bonds. The topological polar surface area (TPSA) is 47.6 Å². The van der Waals surface area contributed by atoms with Crippen molar-refractivity contribution in [2.75, 3.05) is 0 Å². The Morgan fingerprint density at radius 3 is 1.89 bits per heavy atom. The summed E-state index contributed by atoms with van der Waals surface area (Å²) in [5, 5.41) is 0. The van der Waals surface area contributed by atoms with Gasteiger partial charge in [-0.25, -0.2) is 0 Å². The van der Waals surface area contributed by atoms with Crippen LogP contribution < -0.4 is 0 Å². The largest absolute Gasteiger partial charge is 2.00 e. The van der Waals surface area contributed by atoms with Gasteiger partial charge in [-0.3, -0.25) is 0 Å². The third-order valence-corrected chi connectivity index (χ3v) is 1.13. The summed E-state index contributed by atoms with van der Waals surface area (Å²) >= 11 is 0. The molecule has 2 N–H and O–H groups in total. The van der Waals surface area contributed by atoms with Crippen molar-refractivity contribution in [3.63, 3.8) is 0 Å². The number of hydrogen-bond donors (Lipinski definition) is 0. The molecule has 0 spiro atoms. The quantitative estimate of drug-likeness (QED) is 0.596. The average molecular weight is 178 g/mol. The van der Waals surface area contributed by atoms with Crippen LogP contribution in [-0.4, -0.2) is 12.1 Å². The summed E-state index contributed by atoms with van der Waals surface area (Å²) in [6.07, 6.45) is 1.60. The van der Waals surface area contributed by atoms with Gasteiger partial charge in [-0.2, -0.15) is 0 Å².